The van der Waals surface area contributed by atoms with Crippen LogP contribution in [0.4, 0.5) is 4.39 Å². The molecule has 1 saturated carbocycles. The van der Waals surface area contributed by atoms with Gasteiger partial charge in [-0.1, -0.05) is 98.0 Å². The summed E-state index contributed by atoms with van der Waals surface area (Å²) in [6.45, 7) is 4.30. The van der Waals surface area contributed by atoms with Crippen LogP contribution in [0.2, 0.25) is 0 Å². The van der Waals surface area contributed by atoms with Crippen LogP contribution < -0.4 is 0 Å². The van der Waals surface area contributed by atoms with Crippen molar-refractivity contribution >= 4 is 12.2 Å². The molecule has 0 aromatic heterocycles. The third-order valence-electron chi connectivity index (χ3n) is 7.66. The van der Waals surface area contributed by atoms with Crippen LogP contribution in [-0.2, 0) is 6.42 Å². The molecule has 3 aromatic rings. The molecule has 0 bridgehead atoms. The number of rotatable bonds is 9. The smallest absolute Gasteiger partial charge is 0.130 e. The van der Waals surface area contributed by atoms with Gasteiger partial charge in [-0.15, -0.1) is 0 Å². The Kier molecular flexibility index (Phi) is 9.12. The van der Waals surface area contributed by atoms with Gasteiger partial charge in [-0.2, -0.15) is 0 Å². The highest BCUT2D eigenvalue weighted by Crippen LogP contribution is 2.37. The second-order valence-electron chi connectivity index (χ2n) is 10.2. The summed E-state index contributed by atoms with van der Waals surface area (Å²) >= 11 is 0. The molecule has 4 rings (SSSR count). The second-order valence-corrected chi connectivity index (χ2v) is 10.2. The Labute approximate surface area is 211 Å². The monoisotopic (exact) mass is 466 g/mol. The van der Waals surface area contributed by atoms with Gasteiger partial charge in [0.15, 0.2) is 0 Å². The van der Waals surface area contributed by atoms with Crippen LogP contribution in [0.25, 0.3) is 12.2 Å². The zero-order chi connectivity index (χ0) is 24.5. The molecule has 0 spiro atoms. The van der Waals surface area contributed by atoms with Crippen LogP contribution in [0.1, 0.15) is 92.0 Å². The van der Waals surface area contributed by atoms with Crippen molar-refractivity contribution in [3.05, 3.63) is 119 Å². The van der Waals surface area contributed by atoms with E-state index in [0.29, 0.717) is 17.4 Å². The standard InChI is InChI=1S/C34H39F/c1-3-4-6-9-27-12-18-31(19-13-27)32-20-14-28(15-21-32)16-22-33-23-17-29(25-34(33)35)24-26(2)30-10-7-5-8-11-30/h3-5,7-8,10-11,14-17,20-23,25-27,31H,6,9,12-13,18-19,24H2,1-2H3/b4-3+,22-16?/t26-,27?,31?/m1/s1. The normalized spacial score (nSPS) is 19.4. The summed E-state index contributed by atoms with van der Waals surface area (Å²) in [4.78, 5) is 0. The van der Waals surface area contributed by atoms with Crippen LogP contribution in [0.3, 0.4) is 0 Å². The van der Waals surface area contributed by atoms with Crippen LogP contribution in [0, 0.1) is 11.7 Å². The largest absolute Gasteiger partial charge is 0.206 e. The molecule has 1 aliphatic carbocycles. The van der Waals surface area contributed by atoms with E-state index in [1.165, 1.54) is 49.7 Å². The Bertz CT molecular complexity index is 1100. The molecule has 0 amide bonds. The molecular weight excluding hydrogens is 427 g/mol. The van der Waals surface area contributed by atoms with E-state index in [1.54, 1.807) is 6.07 Å². The van der Waals surface area contributed by atoms with Crippen molar-refractivity contribution in [2.75, 3.05) is 0 Å². The van der Waals surface area contributed by atoms with Gasteiger partial charge in [0.05, 0.1) is 0 Å². The lowest BCUT2D eigenvalue weighted by Crippen LogP contribution is -2.13. The quantitative estimate of drug-likeness (QED) is 0.217. The maximum absolute atomic E-state index is 14.8. The van der Waals surface area contributed by atoms with E-state index in [-0.39, 0.29) is 5.82 Å². The summed E-state index contributed by atoms with van der Waals surface area (Å²) in [5, 5.41) is 0. The fourth-order valence-electron chi connectivity index (χ4n) is 5.43. The highest BCUT2D eigenvalue weighted by Gasteiger charge is 2.21. The molecule has 0 N–H and O–H groups in total. The molecule has 1 fully saturated rings. The molecule has 0 radical (unpaired) electrons. The van der Waals surface area contributed by atoms with Gasteiger partial charge < -0.3 is 0 Å². The fraction of sp³-hybridized carbons (Fsp3) is 0.353. The van der Waals surface area contributed by atoms with Crippen molar-refractivity contribution in [1.82, 2.24) is 0 Å². The summed E-state index contributed by atoms with van der Waals surface area (Å²) in [5.74, 6) is 1.80. The lowest BCUT2D eigenvalue weighted by molar-refractivity contribution is 0.312. The summed E-state index contributed by atoms with van der Waals surface area (Å²) < 4.78 is 14.8. The Morgan fingerprint density at radius 1 is 0.886 bits per heavy atom. The highest BCUT2D eigenvalue weighted by atomic mass is 19.1. The topological polar surface area (TPSA) is 0 Å². The first-order valence-electron chi connectivity index (χ1n) is 13.3. The van der Waals surface area contributed by atoms with Crippen LogP contribution in [0.5, 0.6) is 0 Å². The number of hydrogen-bond acceptors (Lipinski definition) is 0. The maximum Gasteiger partial charge on any atom is 0.130 e. The molecule has 1 atom stereocenters. The molecule has 0 nitrogen and oxygen atoms in total. The average molecular weight is 467 g/mol. The Balaban J connectivity index is 1.31. The average Bonchev–Trinajstić information content (AvgIpc) is 2.90. The highest BCUT2D eigenvalue weighted by molar-refractivity contribution is 5.70. The van der Waals surface area contributed by atoms with Crippen LogP contribution in [0.15, 0.2) is 84.9 Å². The summed E-state index contributed by atoms with van der Waals surface area (Å²) in [5.41, 5.74) is 5.54. The van der Waals surface area contributed by atoms with E-state index in [4.69, 9.17) is 0 Å². The Morgan fingerprint density at radius 2 is 1.63 bits per heavy atom. The molecule has 0 heterocycles. The summed E-state index contributed by atoms with van der Waals surface area (Å²) in [6.07, 6.45) is 17.1. The first-order valence-corrected chi connectivity index (χ1v) is 13.3. The third kappa shape index (κ3) is 7.28. The third-order valence-corrected chi connectivity index (χ3v) is 7.66. The Hall–Kier alpha value is -2.93. The number of benzene rings is 3. The van der Waals surface area contributed by atoms with E-state index < -0.39 is 0 Å². The molecule has 3 aromatic carbocycles. The summed E-state index contributed by atoms with van der Waals surface area (Å²) in [7, 11) is 0. The van der Waals surface area contributed by atoms with E-state index in [1.807, 2.05) is 24.3 Å². The van der Waals surface area contributed by atoms with E-state index >= 15 is 0 Å². The van der Waals surface area contributed by atoms with Gasteiger partial charge in [-0.25, -0.2) is 4.39 Å². The molecule has 35 heavy (non-hydrogen) atoms. The minimum atomic E-state index is -0.151. The lowest BCUT2D eigenvalue weighted by atomic mass is 9.77. The number of hydrogen-bond donors (Lipinski definition) is 0. The SMILES string of the molecule is C/C=C/CCC1CCC(c2ccc(C=Cc3ccc(C[C@@H](C)c4ccccc4)cc3F)cc2)CC1. The molecule has 1 aliphatic rings. The van der Waals surface area contributed by atoms with Gasteiger partial charge in [0.25, 0.3) is 0 Å². The molecule has 1 heteroatoms. The number of allylic oxidation sites excluding steroid dienone is 2. The number of halogens is 1. The molecule has 0 aliphatic heterocycles. The first kappa shape index (κ1) is 25.2. The van der Waals surface area contributed by atoms with Crippen molar-refractivity contribution in [2.45, 2.75) is 70.6 Å². The zero-order valence-electron chi connectivity index (χ0n) is 21.3. The van der Waals surface area contributed by atoms with Crippen LogP contribution in [-0.4, -0.2) is 0 Å². The van der Waals surface area contributed by atoms with Crippen molar-refractivity contribution in [3.8, 4) is 0 Å². The molecule has 0 saturated heterocycles. The first-order chi connectivity index (χ1) is 17.1. The Morgan fingerprint density at radius 3 is 2.31 bits per heavy atom. The minimum Gasteiger partial charge on any atom is -0.206 e. The molecular formula is C34H39F. The minimum absolute atomic E-state index is 0.151. The van der Waals surface area contributed by atoms with Crippen molar-refractivity contribution in [3.63, 3.8) is 0 Å². The molecule has 0 unspecified atom stereocenters. The van der Waals surface area contributed by atoms with Crippen molar-refractivity contribution < 1.29 is 4.39 Å². The predicted octanol–water partition coefficient (Wildman–Crippen LogP) is 9.97. The second kappa shape index (κ2) is 12.7. The van der Waals surface area contributed by atoms with Gasteiger partial charge in [0, 0.05) is 5.56 Å². The van der Waals surface area contributed by atoms with Gasteiger partial charge in [0.1, 0.15) is 5.82 Å². The van der Waals surface area contributed by atoms with Crippen molar-refractivity contribution in [1.29, 1.82) is 0 Å². The van der Waals surface area contributed by atoms with Gasteiger partial charge >= 0.3 is 0 Å². The maximum atomic E-state index is 14.8. The van der Waals surface area contributed by atoms with Gasteiger partial charge in [-0.05, 0) is 97.9 Å². The van der Waals surface area contributed by atoms with Crippen LogP contribution >= 0.6 is 0 Å². The zero-order valence-corrected chi connectivity index (χ0v) is 21.3. The fourth-order valence-corrected chi connectivity index (χ4v) is 5.43. The molecule has 182 valence electrons. The summed E-state index contributed by atoms with van der Waals surface area (Å²) in [6, 6.07) is 25.0. The van der Waals surface area contributed by atoms with Crippen molar-refractivity contribution in [2.24, 2.45) is 5.92 Å². The van der Waals surface area contributed by atoms with Gasteiger partial charge in [0.2, 0.25) is 0 Å². The van der Waals surface area contributed by atoms with Gasteiger partial charge in [-0.3, -0.25) is 0 Å². The van der Waals surface area contributed by atoms with E-state index in [9.17, 15) is 4.39 Å². The predicted molar refractivity (Wildman–Crippen MR) is 149 cm³/mol. The van der Waals surface area contributed by atoms with E-state index in [0.717, 1.165) is 23.5 Å². The van der Waals surface area contributed by atoms with E-state index in [2.05, 4.69) is 80.6 Å². The lowest BCUT2D eigenvalue weighted by Gasteiger charge is -2.28.